The minimum atomic E-state index is -0.767. The van der Waals surface area contributed by atoms with Crippen molar-refractivity contribution >= 4 is 23.4 Å². The number of hydrogen-bond acceptors (Lipinski definition) is 4. The van der Waals surface area contributed by atoms with E-state index < -0.39 is 5.54 Å². The summed E-state index contributed by atoms with van der Waals surface area (Å²) >= 11 is 0. The lowest BCUT2D eigenvalue weighted by molar-refractivity contribution is -0.160. The SMILES string of the molecule is O=C(CN1CN(c2ccccc2)C2(CCN(C(=O)C34CC5CC(CC(C5)C3)C4)CC2)C1=O)NCc1ccc(F)cc1. The van der Waals surface area contributed by atoms with Crippen LogP contribution in [0.25, 0.3) is 0 Å². The zero-order valence-electron chi connectivity index (χ0n) is 23.6. The molecule has 2 aromatic carbocycles. The second-order valence-electron chi connectivity index (χ2n) is 13.3. The van der Waals surface area contributed by atoms with E-state index in [0.717, 1.165) is 30.5 Å². The Bertz CT molecular complexity index is 1290. The molecular weight excluding hydrogens is 519 g/mol. The highest BCUT2D eigenvalue weighted by Gasteiger charge is 2.58. The molecular formula is C33H39FN4O3. The number of rotatable bonds is 6. The number of likely N-dealkylation sites (tertiary alicyclic amines) is 1. The Labute approximate surface area is 241 Å². The van der Waals surface area contributed by atoms with Crippen molar-refractivity contribution in [1.29, 1.82) is 0 Å². The lowest BCUT2D eigenvalue weighted by Gasteiger charge is -2.57. The molecule has 41 heavy (non-hydrogen) atoms. The molecule has 2 heterocycles. The van der Waals surface area contributed by atoms with E-state index in [1.165, 1.54) is 31.4 Å². The third-order valence-electron chi connectivity index (χ3n) is 10.7. The molecule has 6 aliphatic rings. The summed E-state index contributed by atoms with van der Waals surface area (Å²) in [5.74, 6) is 1.87. The Morgan fingerprint density at radius 2 is 1.49 bits per heavy atom. The molecule has 0 radical (unpaired) electrons. The summed E-state index contributed by atoms with van der Waals surface area (Å²) in [6.07, 6.45) is 8.20. The quantitative estimate of drug-likeness (QED) is 0.573. The number of para-hydroxylation sites is 1. The first-order valence-corrected chi connectivity index (χ1v) is 15.3. The first-order valence-electron chi connectivity index (χ1n) is 15.3. The van der Waals surface area contributed by atoms with Crippen LogP contribution in [-0.2, 0) is 20.9 Å². The average Bonchev–Trinajstić information content (AvgIpc) is 3.23. The molecule has 4 aliphatic carbocycles. The Balaban J connectivity index is 1.05. The molecule has 8 rings (SSSR count). The Morgan fingerprint density at radius 3 is 2.10 bits per heavy atom. The maximum absolute atomic E-state index is 14.1. The minimum Gasteiger partial charge on any atom is -0.350 e. The van der Waals surface area contributed by atoms with E-state index in [4.69, 9.17) is 0 Å². The van der Waals surface area contributed by atoms with Gasteiger partial charge >= 0.3 is 0 Å². The van der Waals surface area contributed by atoms with Crippen molar-refractivity contribution in [3.8, 4) is 0 Å². The third kappa shape index (κ3) is 4.69. The molecule has 2 aromatic rings. The fraction of sp³-hybridized carbons (Fsp3) is 0.545. The number of anilines is 1. The molecule has 0 unspecified atom stereocenters. The molecule has 3 amide bonds. The van der Waals surface area contributed by atoms with E-state index in [1.807, 2.05) is 30.3 Å². The molecule has 4 bridgehead atoms. The molecule has 1 N–H and O–H groups in total. The normalized spacial score (nSPS) is 29.8. The summed E-state index contributed by atoms with van der Waals surface area (Å²) < 4.78 is 13.2. The van der Waals surface area contributed by atoms with Gasteiger partial charge in [0.25, 0.3) is 5.91 Å². The smallest absolute Gasteiger partial charge is 0.250 e. The summed E-state index contributed by atoms with van der Waals surface area (Å²) in [4.78, 5) is 46.9. The van der Waals surface area contributed by atoms with Crippen molar-refractivity contribution < 1.29 is 18.8 Å². The maximum atomic E-state index is 14.1. The number of benzene rings is 2. The van der Waals surface area contributed by atoms with Crippen LogP contribution < -0.4 is 10.2 Å². The number of piperidine rings is 1. The monoisotopic (exact) mass is 558 g/mol. The third-order valence-corrected chi connectivity index (χ3v) is 10.7. The largest absolute Gasteiger partial charge is 0.350 e. The van der Waals surface area contributed by atoms with Crippen LogP contribution in [0, 0.1) is 29.0 Å². The van der Waals surface area contributed by atoms with Crippen LogP contribution in [0.5, 0.6) is 0 Å². The Kier molecular flexibility index (Phi) is 6.55. The second kappa shape index (κ2) is 10.1. The molecule has 2 aliphatic heterocycles. The summed E-state index contributed by atoms with van der Waals surface area (Å²) in [5.41, 5.74) is 0.811. The summed E-state index contributed by atoms with van der Waals surface area (Å²) in [7, 11) is 0. The van der Waals surface area contributed by atoms with Crippen molar-refractivity contribution in [3.05, 3.63) is 66.0 Å². The highest BCUT2D eigenvalue weighted by Crippen LogP contribution is 2.60. The van der Waals surface area contributed by atoms with E-state index in [1.54, 1.807) is 17.0 Å². The van der Waals surface area contributed by atoms with E-state index in [0.29, 0.717) is 56.3 Å². The zero-order chi connectivity index (χ0) is 28.2. The molecule has 4 saturated carbocycles. The van der Waals surface area contributed by atoms with Crippen LogP contribution >= 0.6 is 0 Å². The van der Waals surface area contributed by atoms with Crippen molar-refractivity contribution in [1.82, 2.24) is 15.1 Å². The minimum absolute atomic E-state index is 0.0406. The number of hydrogen-bond donors (Lipinski definition) is 1. The number of carbonyl (C=O) groups excluding carboxylic acids is 3. The van der Waals surface area contributed by atoms with Crippen molar-refractivity contribution in [2.75, 3.05) is 31.2 Å². The number of nitrogens with one attached hydrogen (secondary N) is 1. The first kappa shape index (κ1) is 26.5. The zero-order valence-corrected chi connectivity index (χ0v) is 23.6. The van der Waals surface area contributed by atoms with Gasteiger partial charge < -0.3 is 20.0 Å². The number of nitrogens with zero attached hydrogens (tertiary/aromatic N) is 3. The lowest BCUT2D eigenvalue weighted by atomic mass is 9.49. The molecule has 6 fully saturated rings. The predicted molar refractivity (Wildman–Crippen MR) is 153 cm³/mol. The summed E-state index contributed by atoms with van der Waals surface area (Å²) in [5, 5.41) is 2.87. The topological polar surface area (TPSA) is 73.0 Å². The van der Waals surface area contributed by atoms with Gasteiger partial charge in [-0.1, -0.05) is 30.3 Å². The van der Waals surface area contributed by atoms with Crippen LogP contribution in [-0.4, -0.2) is 59.4 Å². The highest BCUT2D eigenvalue weighted by molar-refractivity contribution is 5.96. The molecule has 0 atom stereocenters. The molecule has 1 spiro atoms. The van der Waals surface area contributed by atoms with E-state index in [9.17, 15) is 18.8 Å². The fourth-order valence-corrected chi connectivity index (χ4v) is 9.14. The summed E-state index contributed by atoms with van der Waals surface area (Å²) in [6, 6.07) is 15.9. The van der Waals surface area contributed by atoms with Gasteiger partial charge in [0, 0.05) is 25.3 Å². The van der Waals surface area contributed by atoms with E-state index in [2.05, 4.69) is 15.1 Å². The van der Waals surface area contributed by atoms with Crippen LogP contribution in [0.1, 0.15) is 56.9 Å². The van der Waals surface area contributed by atoms with Gasteiger partial charge in [0.1, 0.15) is 17.9 Å². The maximum Gasteiger partial charge on any atom is 0.250 e. The molecule has 7 nitrogen and oxygen atoms in total. The van der Waals surface area contributed by atoms with Crippen LogP contribution in [0.15, 0.2) is 54.6 Å². The van der Waals surface area contributed by atoms with Gasteiger partial charge in [0.05, 0.1) is 12.1 Å². The van der Waals surface area contributed by atoms with E-state index in [-0.39, 0.29) is 36.1 Å². The standard InChI is InChI=1S/C33H39FN4O3/c34-27-8-6-23(7-9-27)20-35-29(39)21-37-22-38(28-4-2-1-3-5-28)33(31(37)41)10-12-36(13-11-33)30(40)32-17-24-14-25(18-32)16-26(15-24)19-32/h1-9,24-26H,10-22H2,(H,35,39). The van der Waals surface area contributed by atoms with Crippen LogP contribution in [0.4, 0.5) is 10.1 Å². The van der Waals surface area contributed by atoms with Crippen molar-refractivity contribution in [3.63, 3.8) is 0 Å². The van der Waals surface area contributed by atoms with Gasteiger partial charge in [-0.3, -0.25) is 14.4 Å². The average molecular weight is 559 g/mol. The van der Waals surface area contributed by atoms with Crippen LogP contribution in [0.3, 0.4) is 0 Å². The number of halogens is 1. The predicted octanol–water partition coefficient (Wildman–Crippen LogP) is 4.33. The van der Waals surface area contributed by atoms with Crippen LogP contribution in [0.2, 0.25) is 0 Å². The van der Waals surface area contributed by atoms with Crippen molar-refractivity contribution in [2.45, 2.75) is 63.5 Å². The van der Waals surface area contributed by atoms with Gasteiger partial charge in [-0.25, -0.2) is 4.39 Å². The van der Waals surface area contributed by atoms with Crippen molar-refractivity contribution in [2.24, 2.45) is 23.2 Å². The van der Waals surface area contributed by atoms with Gasteiger partial charge in [-0.05, 0) is 98.9 Å². The number of amides is 3. The number of carbonyl (C=O) groups is 3. The Morgan fingerprint density at radius 1 is 0.878 bits per heavy atom. The lowest BCUT2D eigenvalue weighted by Crippen LogP contribution is -2.61. The molecule has 216 valence electrons. The highest BCUT2D eigenvalue weighted by atomic mass is 19.1. The molecule has 2 saturated heterocycles. The van der Waals surface area contributed by atoms with Gasteiger partial charge in [0.15, 0.2) is 0 Å². The van der Waals surface area contributed by atoms with Gasteiger partial charge in [-0.15, -0.1) is 0 Å². The second-order valence-corrected chi connectivity index (χ2v) is 13.3. The molecule has 0 aromatic heterocycles. The van der Waals surface area contributed by atoms with Gasteiger partial charge in [0.2, 0.25) is 11.8 Å². The van der Waals surface area contributed by atoms with E-state index >= 15 is 0 Å². The summed E-state index contributed by atoms with van der Waals surface area (Å²) in [6.45, 7) is 1.70. The first-order chi connectivity index (χ1) is 19.8. The fourth-order valence-electron chi connectivity index (χ4n) is 9.14. The van der Waals surface area contributed by atoms with Gasteiger partial charge in [-0.2, -0.15) is 0 Å². The molecule has 8 heteroatoms. The Hall–Kier alpha value is -3.42.